The van der Waals surface area contributed by atoms with Gasteiger partial charge in [-0.2, -0.15) is 0 Å². The Morgan fingerprint density at radius 1 is 1.10 bits per heavy atom. The highest BCUT2D eigenvalue weighted by Crippen LogP contribution is 2.22. The molecule has 2 aromatic carbocycles. The highest BCUT2D eigenvalue weighted by atomic mass is 32.2. The standard InChI is InChI=1S/C22H29N3O4S/c1-22(2,25-12-14-29-15-13-25)17-23-21(26)18-8-7-11-20(16-18)30(27,28)24(3)19-9-5-4-6-10-19/h4-11,16H,12-15,17H2,1-3H3,(H,23,26). The average molecular weight is 432 g/mol. The highest BCUT2D eigenvalue weighted by Gasteiger charge is 2.29. The van der Waals surface area contributed by atoms with Gasteiger partial charge in [0.25, 0.3) is 15.9 Å². The third-order valence-electron chi connectivity index (χ3n) is 5.42. The lowest BCUT2D eigenvalue weighted by Gasteiger charge is -2.40. The molecular weight excluding hydrogens is 402 g/mol. The van der Waals surface area contributed by atoms with Crippen molar-refractivity contribution in [2.45, 2.75) is 24.3 Å². The van der Waals surface area contributed by atoms with Gasteiger partial charge in [0, 0.05) is 37.8 Å². The first-order valence-electron chi connectivity index (χ1n) is 9.97. The molecule has 1 saturated heterocycles. The summed E-state index contributed by atoms with van der Waals surface area (Å²) >= 11 is 0. The van der Waals surface area contributed by atoms with Gasteiger partial charge in [-0.1, -0.05) is 24.3 Å². The fourth-order valence-corrected chi connectivity index (χ4v) is 4.65. The lowest BCUT2D eigenvalue weighted by Crippen LogP contribution is -2.55. The van der Waals surface area contributed by atoms with Crippen molar-refractivity contribution >= 4 is 21.6 Å². The van der Waals surface area contributed by atoms with E-state index in [-0.39, 0.29) is 16.3 Å². The second kappa shape index (κ2) is 9.16. The number of nitrogens with zero attached hydrogens (tertiary/aromatic N) is 2. The lowest BCUT2D eigenvalue weighted by molar-refractivity contribution is -0.00923. The minimum absolute atomic E-state index is 0.0777. The highest BCUT2D eigenvalue weighted by molar-refractivity contribution is 7.92. The van der Waals surface area contributed by atoms with Crippen LogP contribution in [0.5, 0.6) is 0 Å². The Morgan fingerprint density at radius 2 is 1.77 bits per heavy atom. The summed E-state index contributed by atoms with van der Waals surface area (Å²) in [4.78, 5) is 15.1. The first kappa shape index (κ1) is 22.3. The molecule has 2 aromatic rings. The van der Waals surface area contributed by atoms with E-state index in [4.69, 9.17) is 4.74 Å². The quantitative estimate of drug-likeness (QED) is 0.728. The van der Waals surface area contributed by atoms with Crippen LogP contribution in [0.15, 0.2) is 59.5 Å². The van der Waals surface area contributed by atoms with E-state index < -0.39 is 10.0 Å². The predicted molar refractivity (Wildman–Crippen MR) is 117 cm³/mol. The maximum absolute atomic E-state index is 13.0. The van der Waals surface area contributed by atoms with E-state index in [1.165, 1.54) is 23.5 Å². The van der Waals surface area contributed by atoms with Crippen molar-refractivity contribution in [3.8, 4) is 0 Å². The van der Waals surface area contributed by atoms with Gasteiger partial charge >= 0.3 is 0 Å². The first-order valence-corrected chi connectivity index (χ1v) is 11.4. The summed E-state index contributed by atoms with van der Waals surface area (Å²) < 4.78 is 32.6. The summed E-state index contributed by atoms with van der Waals surface area (Å²) in [6.07, 6.45) is 0. The molecule has 0 atom stereocenters. The number of hydrogen-bond acceptors (Lipinski definition) is 5. The van der Waals surface area contributed by atoms with Crippen LogP contribution in [0.4, 0.5) is 5.69 Å². The number of nitrogens with one attached hydrogen (secondary N) is 1. The Morgan fingerprint density at radius 3 is 2.43 bits per heavy atom. The number of ether oxygens (including phenoxy) is 1. The molecule has 0 saturated carbocycles. The SMILES string of the molecule is CN(c1ccccc1)S(=O)(=O)c1cccc(C(=O)NCC(C)(C)N2CCOCC2)c1. The molecule has 162 valence electrons. The Bertz CT molecular complexity index is 971. The fourth-order valence-electron chi connectivity index (χ4n) is 3.41. The van der Waals surface area contributed by atoms with Crippen LogP contribution >= 0.6 is 0 Å². The predicted octanol–water partition coefficient (Wildman–Crippen LogP) is 2.35. The number of anilines is 1. The summed E-state index contributed by atoms with van der Waals surface area (Å²) in [5.41, 5.74) is 0.645. The molecule has 3 rings (SSSR count). The summed E-state index contributed by atoms with van der Waals surface area (Å²) in [7, 11) is -2.28. The number of carbonyl (C=O) groups excluding carboxylic acids is 1. The Hall–Kier alpha value is -2.42. The summed E-state index contributed by atoms with van der Waals surface area (Å²) in [6, 6.07) is 15.0. The van der Waals surface area contributed by atoms with E-state index in [0.29, 0.717) is 31.0 Å². The van der Waals surface area contributed by atoms with Crippen molar-refractivity contribution in [2.75, 3.05) is 44.2 Å². The molecule has 8 heteroatoms. The average Bonchev–Trinajstić information content (AvgIpc) is 2.78. The fraction of sp³-hybridized carbons (Fsp3) is 0.409. The number of amides is 1. The maximum Gasteiger partial charge on any atom is 0.264 e. The Balaban J connectivity index is 1.72. The minimum Gasteiger partial charge on any atom is -0.379 e. The van der Waals surface area contributed by atoms with Crippen molar-refractivity contribution < 1.29 is 17.9 Å². The zero-order valence-electron chi connectivity index (χ0n) is 17.7. The number of rotatable bonds is 7. The molecule has 0 aliphatic carbocycles. The van der Waals surface area contributed by atoms with E-state index in [1.807, 2.05) is 6.07 Å². The minimum atomic E-state index is -3.78. The van der Waals surface area contributed by atoms with Gasteiger partial charge in [-0.15, -0.1) is 0 Å². The third kappa shape index (κ3) is 5.00. The van der Waals surface area contributed by atoms with Gasteiger partial charge in [0.2, 0.25) is 0 Å². The van der Waals surface area contributed by atoms with Gasteiger partial charge in [-0.25, -0.2) is 8.42 Å². The van der Waals surface area contributed by atoms with Gasteiger partial charge in [0.15, 0.2) is 0 Å². The van der Waals surface area contributed by atoms with Crippen molar-refractivity contribution in [1.82, 2.24) is 10.2 Å². The molecule has 0 unspecified atom stereocenters. The van der Waals surface area contributed by atoms with Crippen molar-refractivity contribution in [1.29, 1.82) is 0 Å². The van der Waals surface area contributed by atoms with Gasteiger partial charge in [-0.05, 0) is 44.2 Å². The first-order chi connectivity index (χ1) is 14.2. The molecule has 1 amide bonds. The summed E-state index contributed by atoms with van der Waals surface area (Å²) in [5, 5.41) is 2.95. The molecule has 0 radical (unpaired) electrons. The van der Waals surface area contributed by atoms with Crippen LogP contribution in [-0.2, 0) is 14.8 Å². The van der Waals surface area contributed by atoms with Crippen LogP contribution in [0.1, 0.15) is 24.2 Å². The molecule has 0 bridgehead atoms. The normalized spacial score (nSPS) is 15.6. The molecule has 1 aliphatic rings. The smallest absolute Gasteiger partial charge is 0.264 e. The van der Waals surface area contributed by atoms with Crippen LogP contribution in [0.25, 0.3) is 0 Å². The molecule has 0 spiro atoms. The molecular formula is C22H29N3O4S. The van der Waals surface area contributed by atoms with E-state index in [2.05, 4.69) is 24.1 Å². The summed E-state index contributed by atoms with van der Waals surface area (Å²) in [6.45, 7) is 7.62. The lowest BCUT2D eigenvalue weighted by atomic mass is 10.0. The van der Waals surface area contributed by atoms with E-state index in [1.54, 1.807) is 36.4 Å². The van der Waals surface area contributed by atoms with Crippen LogP contribution in [-0.4, -0.2) is 64.7 Å². The van der Waals surface area contributed by atoms with Gasteiger partial charge in [-0.3, -0.25) is 14.0 Å². The number of para-hydroxylation sites is 1. The van der Waals surface area contributed by atoms with Crippen LogP contribution in [0.3, 0.4) is 0 Å². The second-order valence-electron chi connectivity index (χ2n) is 7.93. The number of sulfonamides is 1. The Labute approximate surface area is 178 Å². The van der Waals surface area contributed by atoms with Crippen molar-refractivity contribution in [3.63, 3.8) is 0 Å². The van der Waals surface area contributed by atoms with Gasteiger partial charge in [0.05, 0.1) is 23.8 Å². The second-order valence-corrected chi connectivity index (χ2v) is 9.90. The molecule has 7 nitrogen and oxygen atoms in total. The molecule has 30 heavy (non-hydrogen) atoms. The molecule has 1 N–H and O–H groups in total. The van der Waals surface area contributed by atoms with E-state index in [9.17, 15) is 13.2 Å². The third-order valence-corrected chi connectivity index (χ3v) is 7.20. The molecule has 1 heterocycles. The number of carbonyl (C=O) groups is 1. The van der Waals surface area contributed by atoms with Crippen LogP contribution in [0.2, 0.25) is 0 Å². The molecule has 1 aliphatic heterocycles. The molecule has 1 fully saturated rings. The number of morpholine rings is 1. The Kier molecular flexibility index (Phi) is 6.80. The van der Waals surface area contributed by atoms with Crippen LogP contribution in [0, 0.1) is 0 Å². The van der Waals surface area contributed by atoms with Gasteiger partial charge < -0.3 is 10.1 Å². The van der Waals surface area contributed by atoms with E-state index >= 15 is 0 Å². The van der Waals surface area contributed by atoms with Crippen LogP contribution < -0.4 is 9.62 Å². The molecule has 0 aromatic heterocycles. The number of hydrogen-bond donors (Lipinski definition) is 1. The van der Waals surface area contributed by atoms with E-state index in [0.717, 1.165) is 13.1 Å². The monoisotopic (exact) mass is 431 g/mol. The van der Waals surface area contributed by atoms with Crippen molar-refractivity contribution in [2.24, 2.45) is 0 Å². The zero-order chi connectivity index (χ0) is 21.8. The van der Waals surface area contributed by atoms with Gasteiger partial charge in [0.1, 0.15) is 0 Å². The maximum atomic E-state index is 13.0. The zero-order valence-corrected chi connectivity index (χ0v) is 18.5. The number of benzene rings is 2. The topological polar surface area (TPSA) is 79.0 Å². The van der Waals surface area contributed by atoms with Crippen molar-refractivity contribution in [3.05, 3.63) is 60.2 Å². The summed E-state index contributed by atoms with van der Waals surface area (Å²) in [5.74, 6) is -0.296. The largest absolute Gasteiger partial charge is 0.379 e.